The zero-order chi connectivity index (χ0) is 17.5. The number of rotatable bonds is 3. The van der Waals surface area contributed by atoms with Crippen molar-refractivity contribution in [3.63, 3.8) is 0 Å². The maximum atomic E-state index is 12.4. The Kier molecular flexibility index (Phi) is 4.82. The standard InChI is InChI=1S/C19H26ClNO2S/c1-19(2,3)24(22,23)12-13-4-6-14(7-5-13)15-8-16-10-21-11-18(20)17(16)9-15/h9-11,13-14H,4-8,12H2,1-3H3. The van der Waals surface area contributed by atoms with Crippen molar-refractivity contribution in [2.45, 2.75) is 57.6 Å². The van der Waals surface area contributed by atoms with Crippen LogP contribution in [0.1, 0.15) is 57.6 Å². The van der Waals surface area contributed by atoms with Crippen LogP contribution < -0.4 is 0 Å². The maximum Gasteiger partial charge on any atom is 0.155 e. The minimum absolute atomic E-state index is 0.306. The summed E-state index contributed by atoms with van der Waals surface area (Å²) in [4.78, 5) is 4.18. The zero-order valence-electron chi connectivity index (χ0n) is 14.7. The molecule has 3 rings (SSSR count). The van der Waals surface area contributed by atoms with Gasteiger partial charge in [-0.1, -0.05) is 23.3 Å². The highest BCUT2D eigenvalue weighted by Gasteiger charge is 2.34. The number of halogens is 1. The van der Waals surface area contributed by atoms with Crippen LogP contribution in [0.25, 0.3) is 6.08 Å². The number of allylic oxidation sites excluding steroid dienone is 1. The molecule has 0 bridgehead atoms. The van der Waals surface area contributed by atoms with Crippen molar-refractivity contribution in [2.75, 3.05) is 5.75 Å². The molecule has 0 radical (unpaired) electrons. The molecule has 1 heterocycles. The normalized spacial score (nSPS) is 24.6. The number of hydrogen-bond acceptors (Lipinski definition) is 3. The summed E-state index contributed by atoms with van der Waals surface area (Å²) in [7, 11) is -3.02. The number of aromatic nitrogens is 1. The highest BCUT2D eigenvalue weighted by atomic mass is 35.5. The van der Waals surface area contributed by atoms with E-state index in [9.17, 15) is 8.42 Å². The van der Waals surface area contributed by atoms with Crippen LogP contribution in [0.15, 0.2) is 18.0 Å². The third kappa shape index (κ3) is 3.55. The molecule has 0 unspecified atom stereocenters. The fraction of sp³-hybridized carbons (Fsp3) is 0.632. The first-order valence-electron chi connectivity index (χ1n) is 8.72. The molecule has 24 heavy (non-hydrogen) atoms. The SMILES string of the molecule is CC(C)(C)S(=O)(=O)CC1CCC(C2=Cc3c(Cl)cncc3C2)CC1. The Morgan fingerprint density at radius 1 is 1.17 bits per heavy atom. The molecule has 1 aromatic heterocycles. The largest absolute Gasteiger partial charge is 0.263 e. The molecule has 1 aromatic rings. The second-order valence-corrected chi connectivity index (χ2v) is 11.4. The molecule has 0 aromatic carbocycles. The average molecular weight is 368 g/mol. The Bertz CT molecular complexity index is 754. The van der Waals surface area contributed by atoms with Crippen LogP contribution >= 0.6 is 11.6 Å². The first-order valence-corrected chi connectivity index (χ1v) is 10.8. The molecule has 0 amide bonds. The summed E-state index contributed by atoms with van der Waals surface area (Å²) in [6.07, 6.45) is 10.9. The van der Waals surface area contributed by atoms with Crippen molar-refractivity contribution in [2.24, 2.45) is 11.8 Å². The Labute approximate surface area is 150 Å². The third-order valence-corrected chi connectivity index (χ3v) is 8.58. The van der Waals surface area contributed by atoms with Gasteiger partial charge in [-0.15, -0.1) is 0 Å². The summed E-state index contributed by atoms with van der Waals surface area (Å²) in [5, 5.41) is 0.729. The fourth-order valence-corrected chi connectivity index (χ4v) is 5.45. The quantitative estimate of drug-likeness (QED) is 0.778. The van der Waals surface area contributed by atoms with E-state index in [-0.39, 0.29) is 0 Å². The van der Waals surface area contributed by atoms with Gasteiger partial charge < -0.3 is 0 Å². The molecule has 1 fully saturated rings. The van der Waals surface area contributed by atoms with Gasteiger partial charge in [0.05, 0.1) is 15.5 Å². The van der Waals surface area contributed by atoms with E-state index in [0.717, 1.165) is 42.7 Å². The first-order chi connectivity index (χ1) is 11.2. The van der Waals surface area contributed by atoms with Gasteiger partial charge in [0.15, 0.2) is 9.84 Å². The lowest BCUT2D eigenvalue weighted by Gasteiger charge is -2.31. The van der Waals surface area contributed by atoms with Crippen LogP contribution in [0.5, 0.6) is 0 Å². The Morgan fingerprint density at radius 3 is 2.42 bits per heavy atom. The van der Waals surface area contributed by atoms with Crippen molar-refractivity contribution in [1.29, 1.82) is 0 Å². The van der Waals surface area contributed by atoms with Gasteiger partial charge in [-0.2, -0.15) is 0 Å². The minimum Gasteiger partial charge on any atom is -0.263 e. The lowest BCUT2D eigenvalue weighted by atomic mass is 9.78. The summed E-state index contributed by atoms with van der Waals surface area (Å²) in [5.41, 5.74) is 3.78. The summed E-state index contributed by atoms with van der Waals surface area (Å²) in [6.45, 7) is 5.39. The molecule has 2 aliphatic carbocycles. The zero-order valence-corrected chi connectivity index (χ0v) is 16.3. The van der Waals surface area contributed by atoms with E-state index < -0.39 is 14.6 Å². The Morgan fingerprint density at radius 2 is 1.83 bits per heavy atom. The molecule has 2 aliphatic rings. The van der Waals surface area contributed by atoms with E-state index in [2.05, 4.69) is 11.1 Å². The predicted molar refractivity (Wildman–Crippen MR) is 99.9 cm³/mol. The van der Waals surface area contributed by atoms with Gasteiger partial charge in [-0.3, -0.25) is 4.98 Å². The highest BCUT2D eigenvalue weighted by Crippen LogP contribution is 2.40. The summed E-state index contributed by atoms with van der Waals surface area (Å²) < 4.78 is 24.2. The monoisotopic (exact) mass is 367 g/mol. The van der Waals surface area contributed by atoms with Crippen molar-refractivity contribution in [1.82, 2.24) is 4.98 Å². The molecule has 0 N–H and O–H groups in total. The topological polar surface area (TPSA) is 47.0 Å². The summed E-state index contributed by atoms with van der Waals surface area (Å²) >= 11 is 6.24. The molecule has 5 heteroatoms. The van der Waals surface area contributed by atoms with Crippen LogP contribution in [-0.4, -0.2) is 23.9 Å². The first kappa shape index (κ1) is 17.9. The lowest BCUT2D eigenvalue weighted by molar-refractivity contribution is 0.319. The van der Waals surface area contributed by atoms with Crippen LogP contribution in [0.2, 0.25) is 5.02 Å². The van der Waals surface area contributed by atoms with Crippen molar-refractivity contribution >= 4 is 27.5 Å². The molecule has 0 aliphatic heterocycles. The lowest BCUT2D eigenvalue weighted by Crippen LogP contribution is -2.34. The van der Waals surface area contributed by atoms with Crippen LogP contribution in [0, 0.1) is 11.8 Å². The van der Waals surface area contributed by atoms with Gasteiger partial charge in [0, 0.05) is 12.4 Å². The van der Waals surface area contributed by atoms with Gasteiger partial charge in [0.25, 0.3) is 0 Å². The van der Waals surface area contributed by atoms with Crippen LogP contribution in [-0.2, 0) is 16.3 Å². The van der Waals surface area contributed by atoms with Crippen LogP contribution in [0.4, 0.5) is 0 Å². The molecule has 1 saturated carbocycles. The van der Waals surface area contributed by atoms with Gasteiger partial charge in [0.2, 0.25) is 0 Å². The number of fused-ring (bicyclic) bond motifs is 1. The molecule has 0 atom stereocenters. The minimum atomic E-state index is -3.02. The van der Waals surface area contributed by atoms with E-state index in [1.807, 2.05) is 6.20 Å². The van der Waals surface area contributed by atoms with Gasteiger partial charge in [-0.25, -0.2) is 8.42 Å². The van der Waals surface area contributed by atoms with Crippen molar-refractivity contribution in [3.8, 4) is 0 Å². The van der Waals surface area contributed by atoms with E-state index in [1.165, 1.54) is 11.1 Å². The second kappa shape index (κ2) is 6.45. The van der Waals surface area contributed by atoms with Crippen molar-refractivity contribution < 1.29 is 8.42 Å². The second-order valence-electron chi connectivity index (χ2n) is 8.20. The summed E-state index contributed by atoms with van der Waals surface area (Å²) in [5.74, 6) is 1.19. The number of nitrogens with zero attached hydrogens (tertiary/aromatic N) is 1. The molecule has 132 valence electrons. The van der Waals surface area contributed by atoms with E-state index >= 15 is 0 Å². The predicted octanol–water partition coefficient (Wildman–Crippen LogP) is 4.69. The maximum absolute atomic E-state index is 12.4. The Hall–Kier alpha value is -0.870. The van der Waals surface area contributed by atoms with Gasteiger partial charge >= 0.3 is 0 Å². The molecule has 0 saturated heterocycles. The van der Waals surface area contributed by atoms with Crippen molar-refractivity contribution in [3.05, 3.63) is 34.1 Å². The number of pyridine rings is 1. The van der Waals surface area contributed by atoms with E-state index in [0.29, 0.717) is 17.6 Å². The smallest absolute Gasteiger partial charge is 0.155 e. The van der Waals surface area contributed by atoms with E-state index in [1.54, 1.807) is 27.0 Å². The number of sulfone groups is 1. The van der Waals surface area contributed by atoms with Crippen LogP contribution in [0.3, 0.4) is 0 Å². The molecular formula is C19H26ClNO2S. The number of hydrogen-bond donors (Lipinski definition) is 0. The van der Waals surface area contributed by atoms with E-state index in [4.69, 9.17) is 11.6 Å². The average Bonchev–Trinajstić information content (AvgIpc) is 2.92. The van der Waals surface area contributed by atoms with Gasteiger partial charge in [0.1, 0.15) is 0 Å². The van der Waals surface area contributed by atoms with Gasteiger partial charge in [-0.05, 0) is 75.8 Å². The molecule has 0 spiro atoms. The summed E-state index contributed by atoms with van der Waals surface area (Å²) in [6, 6.07) is 0. The Balaban J connectivity index is 1.61. The molecule has 3 nitrogen and oxygen atoms in total. The third-order valence-electron chi connectivity index (χ3n) is 5.51. The molecular weight excluding hydrogens is 342 g/mol. The highest BCUT2D eigenvalue weighted by molar-refractivity contribution is 7.92. The fourth-order valence-electron chi connectivity index (χ4n) is 3.77.